The summed E-state index contributed by atoms with van der Waals surface area (Å²) in [5.74, 6) is 0.261. The fourth-order valence-corrected chi connectivity index (χ4v) is 1.37. The summed E-state index contributed by atoms with van der Waals surface area (Å²) in [7, 11) is 0. The fraction of sp³-hybridized carbons (Fsp3) is 0.875. The van der Waals surface area contributed by atoms with Crippen LogP contribution in [-0.4, -0.2) is 29.9 Å². The molecule has 3 heteroatoms. The molecule has 0 bridgehead atoms. The van der Waals surface area contributed by atoms with Crippen LogP contribution < -0.4 is 5.73 Å². The van der Waals surface area contributed by atoms with Gasteiger partial charge in [0.25, 0.3) is 0 Å². The third kappa shape index (κ3) is 2.19. The first-order valence-electron chi connectivity index (χ1n) is 4.27. The van der Waals surface area contributed by atoms with E-state index in [4.69, 9.17) is 5.73 Å². The topological polar surface area (TPSA) is 46.3 Å². The second kappa shape index (κ2) is 3.72. The van der Waals surface area contributed by atoms with E-state index in [0.29, 0.717) is 12.5 Å². The average Bonchev–Trinajstić information content (AvgIpc) is 2.05. The molecule has 3 nitrogen and oxygen atoms in total. The van der Waals surface area contributed by atoms with E-state index in [9.17, 15) is 4.79 Å². The van der Waals surface area contributed by atoms with E-state index in [1.165, 1.54) is 0 Å². The van der Waals surface area contributed by atoms with Gasteiger partial charge in [-0.25, -0.2) is 0 Å². The van der Waals surface area contributed by atoms with Gasteiger partial charge in [-0.2, -0.15) is 0 Å². The van der Waals surface area contributed by atoms with E-state index < -0.39 is 0 Å². The molecule has 0 aliphatic carbocycles. The van der Waals surface area contributed by atoms with Crippen LogP contribution in [0.25, 0.3) is 0 Å². The van der Waals surface area contributed by atoms with Crippen LogP contribution >= 0.6 is 0 Å². The summed E-state index contributed by atoms with van der Waals surface area (Å²) in [6, 6.07) is 0.316. The molecule has 0 atom stereocenters. The number of nitrogens with zero attached hydrogens (tertiary/aromatic N) is 1. The van der Waals surface area contributed by atoms with Crippen molar-refractivity contribution in [3.05, 3.63) is 0 Å². The predicted octanol–water partition coefficient (Wildman–Crippen LogP) is 0.346. The Bertz CT molecular complexity index is 139. The van der Waals surface area contributed by atoms with Gasteiger partial charge in [0.15, 0.2) is 0 Å². The van der Waals surface area contributed by atoms with Crippen molar-refractivity contribution in [2.24, 2.45) is 5.73 Å². The van der Waals surface area contributed by atoms with E-state index in [1.807, 2.05) is 11.8 Å². The Labute approximate surface area is 67.5 Å². The first-order valence-corrected chi connectivity index (χ1v) is 4.27. The van der Waals surface area contributed by atoms with Gasteiger partial charge in [-0.3, -0.25) is 4.79 Å². The highest BCUT2D eigenvalue weighted by Gasteiger charge is 2.18. The molecule has 1 rings (SSSR count). The molecule has 0 aromatic carbocycles. The number of nitrogens with two attached hydrogens (primary N) is 1. The van der Waals surface area contributed by atoms with Crippen LogP contribution in [0.2, 0.25) is 0 Å². The van der Waals surface area contributed by atoms with Crippen LogP contribution in [0, 0.1) is 0 Å². The molecule has 0 saturated carbocycles. The molecule has 1 aliphatic rings. The van der Waals surface area contributed by atoms with E-state index in [2.05, 4.69) is 0 Å². The molecular weight excluding hydrogens is 140 g/mol. The zero-order valence-corrected chi connectivity index (χ0v) is 7.05. The molecule has 0 radical (unpaired) electrons. The van der Waals surface area contributed by atoms with E-state index in [-0.39, 0.29) is 5.91 Å². The first kappa shape index (κ1) is 8.53. The van der Waals surface area contributed by atoms with Crippen LogP contribution in [0.1, 0.15) is 26.2 Å². The maximum absolute atomic E-state index is 11.2. The molecule has 64 valence electrons. The Kier molecular flexibility index (Phi) is 2.88. The Morgan fingerprint density at radius 3 is 2.55 bits per heavy atom. The summed E-state index contributed by atoms with van der Waals surface area (Å²) < 4.78 is 0. The van der Waals surface area contributed by atoms with E-state index in [1.54, 1.807) is 0 Å². The molecule has 1 amide bonds. The first-order chi connectivity index (χ1) is 5.24. The monoisotopic (exact) mass is 156 g/mol. The number of rotatable bonds is 1. The summed E-state index contributed by atoms with van der Waals surface area (Å²) in [6.45, 7) is 3.61. The smallest absolute Gasteiger partial charge is 0.222 e. The van der Waals surface area contributed by atoms with Crippen LogP contribution in [0.15, 0.2) is 0 Å². The molecule has 1 heterocycles. The standard InChI is InChI=1S/C8H16N2O/c1-2-8(11)10-5-3-7(9)4-6-10/h7H,2-6,9H2,1H3. The van der Waals surface area contributed by atoms with Crippen molar-refractivity contribution in [3.63, 3.8) is 0 Å². The second-order valence-corrected chi connectivity index (χ2v) is 3.07. The molecule has 0 aromatic heterocycles. The summed E-state index contributed by atoms with van der Waals surface area (Å²) in [4.78, 5) is 13.1. The third-order valence-electron chi connectivity index (χ3n) is 2.19. The van der Waals surface area contributed by atoms with Crippen molar-refractivity contribution < 1.29 is 4.79 Å². The van der Waals surface area contributed by atoms with Gasteiger partial charge >= 0.3 is 0 Å². The van der Waals surface area contributed by atoms with Gasteiger partial charge in [0.05, 0.1) is 0 Å². The van der Waals surface area contributed by atoms with Gasteiger partial charge in [-0.15, -0.1) is 0 Å². The van der Waals surface area contributed by atoms with Gasteiger partial charge < -0.3 is 10.6 Å². The van der Waals surface area contributed by atoms with Crippen LogP contribution in [0.3, 0.4) is 0 Å². The minimum absolute atomic E-state index is 0.261. The Morgan fingerprint density at radius 2 is 2.09 bits per heavy atom. The quantitative estimate of drug-likeness (QED) is 0.595. The number of carbonyl (C=O) groups excluding carboxylic acids is 1. The van der Waals surface area contributed by atoms with Crippen LogP contribution in [-0.2, 0) is 4.79 Å². The van der Waals surface area contributed by atoms with Gasteiger partial charge in [-0.05, 0) is 12.8 Å². The maximum atomic E-state index is 11.2. The SMILES string of the molecule is CCC(=O)N1CCC(N)CC1. The van der Waals surface area contributed by atoms with Crippen molar-refractivity contribution in [1.29, 1.82) is 0 Å². The Morgan fingerprint density at radius 1 is 1.55 bits per heavy atom. The number of likely N-dealkylation sites (tertiary alicyclic amines) is 1. The van der Waals surface area contributed by atoms with Crippen LogP contribution in [0.5, 0.6) is 0 Å². The zero-order chi connectivity index (χ0) is 8.27. The predicted molar refractivity (Wildman–Crippen MR) is 44.1 cm³/mol. The lowest BCUT2D eigenvalue weighted by atomic mass is 10.1. The van der Waals surface area contributed by atoms with Gasteiger partial charge in [-0.1, -0.05) is 6.92 Å². The molecule has 0 aromatic rings. The Balaban J connectivity index is 2.33. The number of amides is 1. The van der Waals surface area contributed by atoms with Crippen molar-refractivity contribution in [2.75, 3.05) is 13.1 Å². The van der Waals surface area contributed by atoms with E-state index >= 15 is 0 Å². The van der Waals surface area contributed by atoms with E-state index in [0.717, 1.165) is 25.9 Å². The minimum atomic E-state index is 0.261. The lowest BCUT2D eigenvalue weighted by Crippen LogP contribution is -2.42. The normalized spacial score (nSPS) is 20.4. The van der Waals surface area contributed by atoms with Crippen LogP contribution in [0.4, 0.5) is 0 Å². The fourth-order valence-electron chi connectivity index (χ4n) is 1.37. The molecule has 1 saturated heterocycles. The molecule has 11 heavy (non-hydrogen) atoms. The van der Waals surface area contributed by atoms with Crippen molar-refractivity contribution >= 4 is 5.91 Å². The highest BCUT2D eigenvalue weighted by atomic mass is 16.2. The molecule has 1 aliphatic heterocycles. The largest absolute Gasteiger partial charge is 0.343 e. The molecule has 0 unspecified atom stereocenters. The minimum Gasteiger partial charge on any atom is -0.343 e. The highest BCUT2D eigenvalue weighted by Crippen LogP contribution is 2.08. The van der Waals surface area contributed by atoms with Gasteiger partial charge in [0.2, 0.25) is 5.91 Å². The third-order valence-corrected chi connectivity index (χ3v) is 2.19. The average molecular weight is 156 g/mol. The van der Waals surface area contributed by atoms with Gasteiger partial charge in [0, 0.05) is 25.6 Å². The molecule has 0 spiro atoms. The summed E-state index contributed by atoms with van der Waals surface area (Å²) >= 11 is 0. The number of piperidine rings is 1. The highest BCUT2D eigenvalue weighted by molar-refractivity contribution is 5.75. The number of hydrogen-bond donors (Lipinski definition) is 1. The zero-order valence-electron chi connectivity index (χ0n) is 7.05. The lowest BCUT2D eigenvalue weighted by Gasteiger charge is -2.29. The summed E-state index contributed by atoms with van der Waals surface area (Å²) in [5.41, 5.74) is 5.70. The molecule has 2 N–H and O–H groups in total. The second-order valence-electron chi connectivity index (χ2n) is 3.07. The van der Waals surface area contributed by atoms with Gasteiger partial charge in [0.1, 0.15) is 0 Å². The number of carbonyl (C=O) groups is 1. The van der Waals surface area contributed by atoms with Crippen molar-refractivity contribution in [1.82, 2.24) is 4.90 Å². The molecule has 1 fully saturated rings. The molecular formula is C8H16N2O. The lowest BCUT2D eigenvalue weighted by molar-refractivity contribution is -0.131. The van der Waals surface area contributed by atoms with Crippen molar-refractivity contribution in [3.8, 4) is 0 Å². The summed E-state index contributed by atoms with van der Waals surface area (Å²) in [6.07, 6.45) is 2.55. The maximum Gasteiger partial charge on any atom is 0.222 e. The summed E-state index contributed by atoms with van der Waals surface area (Å²) in [5, 5.41) is 0. The number of hydrogen-bond acceptors (Lipinski definition) is 2. The Hall–Kier alpha value is -0.570. The van der Waals surface area contributed by atoms with Crippen molar-refractivity contribution in [2.45, 2.75) is 32.2 Å².